The van der Waals surface area contributed by atoms with Crippen LogP contribution in [0, 0.1) is 5.92 Å². The molecule has 1 fully saturated rings. The number of anilines is 2. The number of halogens is 6. The van der Waals surface area contributed by atoms with Gasteiger partial charge in [0.15, 0.2) is 0 Å². The number of thioether (sulfide) groups is 1. The third-order valence-electron chi connectivity index (χ3n) is 7.14. The highest BCUT2D eigenvalue weighted by Crippen LogP contribution is 2.54. The van der Waals surface area contributed by atoms with Crippen molar-refractivity contribution < 1.29 is 45.1 Å². The average Bonchev–Trinajstić information content (AvgIpc) is 3.65. The molecule has 0 bridgehead atoms. The molecule has 3 amide bonds. The summed E-state index contributed by atoms with van der Waals surface area (Å²) in [5.41, 5.74) is -2.96. The molecular weight excluding hydrogens is 636 g/mol. The molecule has 2 aliphatic heterocycles. The van der Waals surface area contributed by atoms with E-state index in [2.05, 4.69) is 5.32 Å². The number of hydrogen-bond acceptors (Lipinski definition) is 7. The summed E-state index contributed by atoms with van der Waals surface area (Å²) in [6.07, 6.45) is -8.19. The zero-order valence-corrected chi connectivity index (χ0v) is 23.4. The topological polar surface area (TPSA) is 102 Å². The lowest BCUT2D eigenvalue weighted by Gasteiger charge is -2.29. The fourth-order valence-electron chi connectivity index (χ4n) is 5.28. The molecule has 4 heterocycles. The van der Waals surface area contributed by atoms with Crippen LogP contribution in [0.1, 0.15) is 27.7 Å². The summed E-state index contributed by atoms with van der Waals surface area (Å²) in [4.78, 5) is 53.7. The number of carbonyl (C=O) groups excluding carboxylic acids is 3. The number of aromatic nitrogens is 1. The van der Waals surface area contributed by atoms with Gasteiger partial charge in [0, 0.05) is 0 Å². The first-order valence-electron chi connectivity index (χ1n) is 12.7. The van der Waals surface area contributed by atoms with Crippen molar-refractivity contribution in [1.82, 2.24) is 4.57 Å². The van der Waals surface area contributed by atoms with Gasteiger partial charge < -0.3 is 9.73 Å². The minimum atomic E-state index is -4.76. The smallest absolute Gasteiger partial charge is 0.418 e. The van der Waals surface area contributed by atoms with Crippen molar-refractivity contribution in [2.24, 2.45) is 5.92 Å². The minimum Gasteiger partial charge on any atom is -0.469 e. The molecule has 0 aliphatic carbocycles. The van der Waals surface area contributed by atoms with Crippen LogP contribution < -0.4 is 15.1 Å². The summed E-state index contributed by atoms with van der Waals surface area (Å²) in [5.74, 6) is -4.56. The monoisotopic (exact) mass is 653 g/mol. The number of alkyl halides is 6. The van der Waals surface area contributed by atoms with Crippen molar-refractivity contribution in [3.8, 4) is 0 Å². The van der Waals surface area contributed by atoms with E-state index in [0.29, 0.717) is 22.3 Å². The van der Waals surface area contributed by atoms with Crippen molar-refractivity contribution in [2.75, 3.05) is 10.2 Å². The van der Waals surface area contributed by atoms with E-state index in [-0.39, 0.29) is 21.4 Å². The van der Waals surface area contributed by atoms with Crippen LogP contribution in [0.2, 0.25) is 0 Å². The Hall–Kier alpha value is -4.31. The highest BCUT2D eigenvalue weighted by atomic mass is 32.2. The Balaban J connectivity index is 1.37. The minimum absolute atomic E-state index is 0.119. The molecule has 6 rings (SSSR count). The van der Waals surface area contributed by atoms with Crippen molar-refractivity contribution in [2.45, 2.75) is 35.1 Å². The van der Waals surface area contributed by atoms with Crippen molar-refractivity contribution in [3.05, 3.63) is 98.4 Å². The molecular formula is C28H17F6N3O5S2. The molecule has 1 N–H and O–H groups in total. The van der Waals surface area contributed by atoms with Crippen molar-refractivity contribution >= 4 is 52.2 Å². The van der Waals surface area contributed by atoms with E-state index in [1.807, 2.05) is 0 Å². The second kappa shape index (κ2) is 10.7. The summed E-state index contributed by atoms with van der Waals surface area (Å²) in [7, 11) is 0. The first kappa shape index (κ1) is 29.7. The predicted molar refractivity (Wildman–Crippen MR) is 146 cm³/mol. The van der Waals surface area contributed by atoms with Crippen LogP contribution in [-0.2, 0) is 33.3 Å². The maximum Gasteiger partial charge on any atom is 0.418 e. The molecule has 2 aliphatic rings. The van der Waals surface area contributed by atoms with Crippen LogP contribution in [0.5, 0.6) is 0 Å². The Bertz CT molecular complexity index is 1850. The molecule has 4 aromatic rings. The lowest BCUT2D eigenvalue weighted by Crippen LogP contribution is -2.33. The zero-order chi connectivity index (χ0) is 31.6. The zero-order valence-electron chi connectivity index (χ0n) is 21.8. The molecule has 8 nitrogen and oxygen atoms in total. The predicted octanol–water partition coefficient (Wildman–Crippen LogP) is 5.97. The molecule has 2 aromatic heterocycles. The number of fused-ring (bicyclic) bond motifs is 2. The Morgan fingerprint density at radius 3 is 2.34 bits per heavy atom. The second-order valence-electron chi connectivity index (χ2n) is 9.83. The second-order valence-corrected chi connectivity index (χ2v) is 12.0. The number of rotatable bonds is 5. The van der Waals surface area contributed by atoms with Crippen LogP contribution in [-0.4, -0.2) is 27.5 Å². The van der Waals surface area contributed by atoms with E-state index in [1.165, 1.54) is 30.5 Å². The van der Waals surface area contributed by atoms with Crippen LogP contribution in [0.15, 0.2) is 81.2 Å². The molecule has 0 saturated carbocycles. The molecule has 0 spiro atoms. The van der Waals surface area contributed by atoms with E-state index in [9.17, 15) is 45.5 Å². The number of benzene rings is 2. The van der Waals surface area contributed by atoms with E-state index < -0.39 is 75.4 Å². The molecule has 2 aromatic carbocycles. The number of nitrogens with one attached hydrogen (secondary N) is 1. The highest BCUT2D eigenvalue weighted by Gasteiger charge is 2.57. The van der Waals surface area contributed by atoms with Gasteiger partial charge in [-0.15, -0.1) is 0 Å². The van der Waals surface area contributed by atoms with Gasteiger partial charge in [-0.3, -0.25) is 23.7 Å². The molecule has 44 heavy (non-hydrogen) atoms. The molecule has 16 heteroatoms. The van der Waals surface area contributed by atoms with Crippen molar-refractivity contribution in [1.29, 1.82) is 0 Å². The fraction of sp³-hybridized carbons (Fsp3) is 0.214. The van der Waals surface area contributed by atoms with E-state index in [0.717, 1.165) is 46.7 Å². The van der Waals surface area contributed by atoms with Gasteiger partial charge in [0.2, 0.25) is 17.7 Å². The lowest BCUT2D eigenvalue weighted by atomic mass is 9.87. The normalized spacial score (nSPS) is 20.0. The lowest BCUT2D eigenvalue weighted by molar-refractivity contribution is -0.138. The summed E-state index contributed by atoms with van der Waals surface area (Å²) in [5, 5.41) is 1.08. The number of nitrogens with zero attached hydrogens (tertiary/aromatic N) is 2. The van der Waals surface area contributed by atoms with Crippen LogP contribution in [0.3, 0.4) is 0 Å². The molecule has 3 atom stereocenters. The summed E-state index contributed by atoms with van der Waals surface area (Å²) in [6, 6.07) is 11.1. The largest absolute Gasteiger partial charge is 0.469 e. The fourth-order valence-corrected chi connectivity index (χ4v) is 8.03. The summed E-state index contributed by atoms with van der Waals surface area (Å²) >= 11 is 1.46. The SMILES string of the molecule is O=C(Cn1c2c(sc1=O)[C@H](c1ccco1)C1C(=O)N(c3cccc(C(F)(F)F)c3)C(=O)C1S2)Nc1ccccc1C(F)(F)F. The average molecular weight is 654 g/mol. The highest BCUT2D eigenvalue weighted by molar-refractivity contribution is 8.00. The van der Waals surface area contributed by atoms with Gasteiger partial charge in [-0.05, 0) is 42.5 Å². The maximum atomic E-state index is 13.7. The van der Waals surface area contributed by atoms with Gasteiger partial charge in [0.25, 0.3) is 0 Å². The molecule has 2 unspecified atom stereocenters. The van der Waals surface area contributed by atoms with Gasteiger partial charge in [0.05, 0.1) is 50.5 Å². The molecule has 228 valence electrons. The third kappa shape index (κ3) is 5.11. The van der Waals surface area contributed by atoms with Crippen LogP contribution in [0.4, 0.5) is 37.7 Å². The maximum absolute atomic E-state index is 13.7. The number of carbonyl (C=O) groups is 3. The Morgan fingerprint density at radius 2 is 1.66 bits per heavy atom. The van der Waals surface area contributed by atoms with Crippen LogP contribution in [0.25, 0.3) is 0 Å². The van der Waals surface area contributed by atoms with Gasteiger partial charge in [-0.2, -0.15) is 26.3 Å². The van der Waals surface area contributed by atoms with Gasteiger partial charge >= 0.3 is 17.2 Å². The van der Waals surface area contributed by atoms with Gasteiger partial charge in [0.1, 0.15) is 17.6 Å². The quantitative estimate of drug-likeness (QED) is 0.210. The standard InChI is InChI=1S/C28H17F6N3O5S2/c29-27(30,31)13-5-3-6-14(11-13)37-23(39)20-19(17-9-4-10-42-17)22-25(43-21(20)24(37)40)36(26(41)44-22)12-18(38)35-16-8-2-1-7-15(16)28(32,33)34/h1-11,19-21H,12H2,(H,35,38)/t19-,20?,21?/m1/s1. The van der Waals surface area contributed by atoms with Gasteiger partial charge in [-0.25, -0.2) is 4.90 Å². The van der Waals surface area contributed by atoms with E-state index >= 15 is 0 Å². The van der Waals surface area contributed by atoms with E-state index in [4.69, 9.17) is 4.42 Å². The number of amides is 3. The van der Waals surface area contributed by atoms with Crippen molar-refractivity contribution in [3.63, 3.8) is 0 Å². The number of hydrogen-bond donors (Lipinski definition) is 1. The summed E-state index contributed by atoms with van der Waals surface area (Å²) < 4.78 is 87.1. The number of para-hydroxylation sites is 1. The first-order valence-corrected chi connectivity index (χ1v) is 14.4. The number of thiazole rings is 1. The molecule has 1 saturated heterocycles. The number of furan rings is 1. The van der Waals surface area contributed by atoms with Crippen LogP contribution >= 0.6 is 23.1 Å². The third-order valence-corrected chi connectivity index (χ3v) is 9.74. The Morgan fingerprint density at radius 1 is 0.909 bits per heavy atom. The first-order chi connectivity index (χ1) is 20.8. The Labute approximate surface area is 251 Å². The molecule has 0 radical (unpaired) electrons. The van der Waals surface area contributed by atoms with E-state index in [1.54, 1.807) is 0 Å². The summed E-state index contributed by atoms with van der Waals surface area (Å²) in [6.45, 7) is -0.717. The Kier molecular flexibility index (Phi) is 7.23. The van der Waals surface area contributed by atoms with Gasteiger partial charge in [-0.1, -0.05) is 41.3 Å². The number of imide groups is 1.